The van der Waals surface area contributed by atoms with Crippen molar-refractivity contribution in [2.24, 2.45) is 7.05 Å². The Morgan fingerprint density at radius 1 is 1.13 bits per heavy atom. The van der Waals surface area contributed by atoms with Gasteiger partial charge in [-0.2, -0.15) is 19.0 Å². The van der Waals surface area contributed by atoms with Crippen LogP contribution in [0.4, 0.5) is 24.7 Å². The molecule has 1 aliphatic heterocycles. The average Bonchev–Trinajstić information content (AvgIpc) is 3.64. The summed E-state index contributed by atoms with van der Waals surface area (Å²) in [5.74, 6) is -3.94. The molecule has 2 aromatic carbocycles. The van der Waals surface area contributed by atoms with Crippen LogP contribution in [-0.2, 0) is 17.1 Å². The number of anilines is 2. The summed E-state index contributed by atoms with van der Waals surface area (Å²) in [6.07, 6.45) is 6.63. The number of alkyl halides is 2. The molecule has 1 aliphatic rings. The lowest BCUT2D eigenvalue weighted by Gasteiger charge is -2.36. The molecule has 4 N–H and O–H groups in total. The smallest absolute Gasteiger partial charge is 0.355 e. The highest BCUT2D eigenvalue weighted by atomic mass is 32.2. The predicted molar refractivity (Wildman–Crippen MR) is 174 cm³/mol. The Labute approximate surface area is 270 Å². The minimum Gasteiger partial charge on any atom is -0.484 e. The second kappa shape index (κ2) is 12.2. The van der Waals surface area contributed by atoms with E-state index in [2.05, 4.69) is 29.2 Å². The number of benzene rings is 2. The van der Waals surface area contributed by atoms with Crippen LogP contribution in [0, 0.1) is 5.82 Å². The Morgan fingerprint density at radius 2 is 1.87 bits per heavy atom. The van der Waals surface area contributed by atoms with E-state index in [9.17, 15) is 21.6 Å². The fraction of sp³-hybridized carbons (Fsp3) is 0.344. The molecule has 1 saturated heterocycles. The Bertz CT molecular complexity index is 2040. The number of aryl methyl sites for hydroxylation is 1. The summed E-state index contributed by atoms with van der Waals surface area (Å²) in [6, 6.07) is 10.1. The Hall–Kier alpha value is -4.63. The van der Waals surface area contributed by atoms with Crippen LogP contribution in [0.5, 0.6) is 5.75 Å². The van der Waals surface area contributed by atoms with Crippen LogP contribution in [0.1, 0.15) is 51.3 Å². The van der Waals surface area contributed by atoms with Gasteiger partial charge in [-0.05, 0) is 70.0 Å². The maximum Gasteiger partial charge on any atom is 0.355 e. The summed E-state index contributed by atoms with van der Waals surface area (Å²) in [5.41, 5.74) is 9.98. The van der Waals surface area contributed by atoms with Gasteiger partial charge in [0.25, 0.3) is 10.0 Å². The second-order valence-corrected chi connectivity index (χ2v) is 14.0. The third kappa shape index (κ3) is 6.49. The van der Waals surface area contributed by atoms with Crippen molar-refractivity contribution in [3.8, 4) is 28.1 Å². The summed E-state index contributed by atoms with van der Waals surface area (Å²) in [7, 11) is -3.25. The van der Waals surface area contributed by atoms with Crippen molar-refractivity contribution in [3.05, 3.63) is 72.4 Å². The summed E-state index contributed by atoms with van der Waals surface area (Å²) >= 11 is 0. The highest BCUT2D eigenvalue weighted by molar-refractivity contribution is 7.93. The number of rotatable bonds is 9. The Morgan fingerprint density at radius 3 is 2.57 bits per heavy atom. The number of pyridine rings is 1. The number of aromatic nitrogens is 5. The molecule has 0 saturated carbocycles. The standard InChI is InChI=1S/C32H35F3N8O3S/c1-18(19-5-8-22(33)9-6-19)46-26-13-20(7-10-25(26)41-47(44,45)31(34)35)28-27-29(42(4)40-28)24(16-37-30(27)36)21-15-39-43(17-21)23-11-12-38-32(2,3)14-23/h5-10,13,15-18,23,31,38,41H,11-12,14H2,1-4H3,(H2,36,37). The minimum atomic E-state index is -5.02. The fourth-order valence-electron chi connectivity index (χ4n) is 6.03. The molecule has 2 unspecified atom stereocenters. The Balaban J connectivity index is 1.41. The summed E-state index contributed by atoms with van der Waals surface area (Å²) in [6.45, 7) is 6.91. The summed E-state index contributed by atoms with van der Waals surface area (Å²) in [4.78, 5) is 4.47. The zero-order valence-corrected chi connectivity index (χ0v) is 27.0. The number of halogens is 3. The van der Waals surface area contributed by atoms with Gasteiger partial charge in [0, 0.05) is 41.7 Å². The molecule has 6 rings (SSSR count). The van der Waals surface area contributed by atoms with Crippen molar-refractivity contribution in [2.45, 2.75) is 57.1 Å². The largest absolute Gasteiger partial charge is 0.484 e. The maximum atomic E-state index is 13.5. The molecule has 5 aromatic rings. The molecule has 0 amide bonds. The van der Waals surface area contributed by atoms with Gasteiger partial charge in [-0.25, -0.2) is 17.8 Å². The van der Waals surface area contributed by atoms with Crippen molar-refractivity contribution >= 4 is 32.4 Å². The predicted octanol–water partition coefficient (Wildman–Crippen LogP) is 6.03. The molecular formula is C32H35F3N8O3S. The number of hydrogen-bond acceptors (Lipinski definition) is 8. The molecule has 47 heavy (non-hydrogen) atoms. The number of hydrogen-bond donors (Lipinski definition) is 3. The van der Waals surface area contributed by atoms with Crippen LogP contribution in [0.15, 0.2) is 61.1 Å². The van der Waals surface area contributed by atoms with Crippen molar-refractivity contribution in [1.29, 1.82) is 0 Å². The SMILES string of the molecule is CC(Oc1cc(-c2nn(C)c3c(-c4cnn(C5CCNC(C)(C)C5)c4)cnc(N)c23)ccc1NS(=O)(=O)C(F)F)c1ccc(F)cc1. The zero-order chi connectivity index (χ0) is 33.7. The van der Waals surface area contributed by atoms with Gasteiger partial charge in [-0.1, -0.05) is 18.2 Å². The lowest BCUT2D eigenvalue weighted by molar-refractivity contribution is 0.221. The van der Waals surface area contributed by atoms with Gasteiger partial charge in [0.1, 0.15) is 29.2 Å². The minimum absolute atomic E-state index is 0.00389. The van der Waals surface area contributed by atoms with Gasteiger partial charge >= 0.3 is 5.76 Å². The lowest BCUT2D eigenvalue weighted by Crippen LogP contribution is -2.46. The molecule has 0 bridgehead atoms. The van der Waals surface area contributed by atoms with Gasteiger partial charge in [0.05, 0.1) is 28.8 Å². The van der Waals surface area contributed by atoms with Crippen LogP contribution in [0.3, 0.4) is 0 Å². The van der Waals surface area contributed by atoms with Crippen molar-refractivity contribution in [2.75, 3.05) is 17.0 Å². The summed E-state index contributed by atoms with van der Waals surface area (Å²) in [5, 5.41) is 13.5. The average molecular weight is 669 g/mol. The first-order chi connectivity index (χ1) is 22.2. The van der Waals surface area contributed by atoms with E-state index in [-0.39, 0.29) is 28.8 Å². The maximum absolute atomic E-state index is 13.5. The number of nitrogens with one attached hydrogen (secondary N) is 2. The second-order valence-electron chi connectivity index (χ2n) is 12.3. The molecular weight excluding hydrogens is 633 g/mol. The van der Waals surface area contributed by atoms with E-state index in [0.717, 1.165) is 30.5 Å². The van der Waals surface area contributed by atoms with Crippen LogP contribution in [-0.4, -0.2) is 50.8 Å². The number of piperidine rings is 1. The fourth-order valence-corrected chi connectivity index (χ4v) is 6.60. The Kier molecular flexibility index (Phi) is 8.38. The molecule has 15 heteroatoms. The van der Waals surface area contributed by atoms with Crippen molar-refractivity contribution < 1.29 is 26.3 Å². The molecule has 11 nitrogen and oxygen atoms in total. The van der Waals surface area contributed by atoms with E-state index in [1.807, 2.05) is 15.6 Å². The van der Waals surface area contributed by atoms with E-state index < -0.39 is 27.7 Å². The number of ether oxygens (including phenoxy) is 1. The monoisotopic (exact) mass is 668 g/mol. The zero-order valence-electron chi connectivity index (χ0n) is 26.2. The van der Waals surface area contributed by atoms with Crippen LogP contribution < -0.4 is 20.5 Å². The van der Waals surface area contributed by atoms with E-state index >= 15 is 0 Å². The topological polar surface area (TPSA) is 142 Å². The third-order valence-electron chi connectivity index (χ3n) is 8.39. The first-order valence-electron chi connectivity index (χ1n) is 15.0. The van der Waals surface area contributed by atoms with Crippen LogP contribution >= 0.6 is 0 Å². The molecule has 0 spiro atoms. The van der Waals surface area contributed by atoms with E-state index in [0.29, 0.717) is 27.7 Å². The van der Waals surface area contributed by atoms with Crippen LogP contribution in [0.2, 0.25) is 0 Å². The molecule has 1 fully saturated rings. The van der Waals surface area contributed by atoms with Gasteiger partial charge in [0.15, 0.2) is 0 Å². The van der Waals surface area contributed by atoms with E-state index in [1.54, 1.807) is 31.0 Å². The molecule has 248 valence electrons. The number of nitrogens with zero attached hydrogens (tertiary/aromatic N) is 5. The number of nitrogens with two attached hydrogens (primary N) is 1. The summed E-state index contributed by atoms with van der Waals surface area (Å²) < 4.78 is 76.1. The van der Waals surface area contributed by atoms with E-state index in [4.69, 9.17) is 15.6 Å². The van der Waals surface area contributed by atoms with Gasteiger partial charge < -0.3 is 15.8 Å². The highest BCUT2D eigenvalue weighted by Gasteiger charge is 2.30. The third-order valence-corrected chi connectivity index (χ3v) is 9.36. The first-order valence-corrected chi connectivity index (χ1v) is 16.5. The van der Waals surface area contributed by atoms with Gasteiger partial charge in [-0.3, -0.25) is 14.1 Å². The van der Waals surface area contributed by atoms with Crippen LogP contribution in [0.25, 0.3) is 33.3 Å². The first kappa shape index (κ1) is 32.3. The normalized spacial score (nSPS) is 17.2. The van der Waals surface area contributed by atoms with E-state index in [1.165, 1.54) is 42.5 Å². The molecule has 2 atom stereocenters. The lowest BCUT2D eigenvalue weighted by atomic mass is 9.89. The molecule has 0 aliphatic carbocycles. The highest BCUT2D eigenvalue weighted by Crippen LogP contribution is 2.41. The number of sulfonamides is 1. The number of fused-ring (bicyclic) bond motifs is 1. The quantitative estimate of drug-likeness (QED) is 0.173. The van der Waals surface area contributed by atoms with Crippen molar-refractivity contribution in [1.82, 2.24) is 29.9 Å². The molecule has 3 aromatic heterocycles. The number of nitrogen functional groups attached to an aromatic ring is 1. The van der Waals surface area contributed by atoms with Crippen molar-refractivity contribution in [3.63, 3.8) is 0 Å². The molecule has 4 heterocycles. The van der Waals surface area contributed by atoms with Gasteiger partial charge in [0.2, 0.25) is 0 Å². The van der Waals surface area contributed by atoms with Gasteiger partial charge in [-0.15, -0.1) is 0 Å². The molecule has 0 radical (unpaired) electrons.